The summed E-state index contributed by atoms with van der Waals surface area (Å²) in [6.07, 6.45) is 0. The van der Waals surface area contributed by atoms with Gasteiger partial charge in [-0.05, 0) is 0 Å². The van der Waals surface area contributed by atoms with Crippen molar-refractivity contribution in [2.75, 3.05) is 0 Å². The van der Waals surface area contributed by atoms with E-state index >= 15 is 0 Å². The molecule has 1 unspecified atom stereocenters. The van der Waals surface area contributed by atoms with Gasteiger partial charge in [0.05, 0.1) is 0 Å². The van der Waals surface area contributed by atoms with E-state index in [2.05, 4.69) is 0 Å². The Morgan fingerprint density at radius 2 is 2.00 bits per heavy atom. The first-order chi connectivity index (χ1) is 1.73. The van der Waals surface area contributed by atoms with Crippen molar-refractivity contribution in [2.24, 2.45) is 0 Å². The summed E-state index contributed by atoms with van der Waals surface area (Å²) in [5, 5.41) is 0. The topological polar surface area (TPSA) is 20.2 Å². The summed E-state index contributed by atoms with van der Waals surface area (Å²) in [6, 6.07) is 0. The monoisotopic (exact) mass is 142 g/mol. The van der Waals surface area contributed by atoms with Crippen LogP contribution >= 0.6 is 9.95 Å². The van der Waals surface area contributed by atoms with E-state index in [1.807, 2.05) is 0 Å². The second kappa shape index (κ2) is 2.07. The van der Waals surface area contributed by atoms with Gasteiger partial charge in [-0.3, -0.25) is 0 Å². The van der Waals surface area contributed by atoms with Crippen LogP contribution in [0, 0.1) is 0 Å². The van der Waals surface area contributed by atoms with E-state index in [9.17, 15) is 0 Å². The summed E-state index contributed by atoms with van der Waals surface area (Å²) in [4.78, 5) is 0. The Morgan fingerprint density at radius 1 is 2.00 bits per heavy atom. The molecule has 4 heavy (non-hydrogen) atoms. The van der Waals surface area contributed by atoms with Gasteiger partial charge in [0, 0.05) is 0 Å². The van der Waals surface area contributed by atoms with Gasteiger partial charge in [0.25, 0.3) is 0 Å². The summed E-state index contributed by atoms with van der Waals surface area (Å²) < 4.78 is 7.97. The third kappa shape index (κ3) is 14.1. The van der Waals surface area contributed by atoms with E-state index in [-0.39, 0.29) is 0 Å². The van der Waals surface area contributed by atoms with Gasteiger partial charge in [-0.1, -0.05) is 0 Å². The van der Waals surface area contributed by atoms with Crippen molar-refractivity contribution in [3.8, 4) is 0 Å². The minimum atomic E-state index is -1.72. The number of hydrogen-bond acceptors (Lipinski definition) is 1. The molecule has 1 atom stereocenters. The Morgan fingerprint density at radius 3 is 2.00 bits per heavy atom. The molecular weight excluding hydrogens is 138 g/mol. The SMILES string of the molecule is C[As](O)Cl. The van der Waals surface area contributed by atoms with Gasteiger partial charge < -0.3 is 0 Å². The van der Waals surface area contributed by atoms with Crippen LogP contribution in [0.15, 0.2) is 0 Å². The zero-order chi connectivity index (χ0) is 3.58. The average Bonchev–Trinajstić information content (AvgIpc) is 0.811. The van der Waals surface area contributed by atoms with Crippen molar-refractivity contribution in [1.82, 2.24) is 0 Å². The van der Waals surface area contributed by atoms with Crippen LogP contribution in [-0.2, 0) is 0 Å². The molecule has 0 rings (SSSR count). The van der Waals surface area contributed by atoms with Crippen LogP contribution in [0.2, 0.25) is 5.71 Å². The Bertz CT molecular complexity index is 12.8. The fourth-order valence-electron chi connectivity index (χ4n) is 0. The van der Waals surface area contributed by atoms with E-state index < -0.39 is 14.1 Å². The van der Waals surface area contributed by atoms with Gasteiger partial charge in [0.1, 0.15) is 0 Å². The predicted octanol–water partition coefficient (Wildman–Crippen LogP) is 0.335. The number of rotatable bonds is 0. The summed E-state index contributed by atoms with van der Waals surface area (Å²) in [7, 11) is 4.98. The predicted molar refractivity (Wildman–Crippen MR) is 19.7 cm³/mol. The van der Waals surface area contributed by atoms with Gasteiger partial charge in [0.15, 0.2) is 0 Å². The van der Waals surface area contributed by atoms with Crippen LogP contribution in [0.3, 0.4) is 0 Å². The molecule has 0 saturated carbocycles. The summed E-state index contributed by atoms with van der Waals surface area (Å²) in [5.41, 5.74) is 1.63. The van der Waals surface area contributed by atoms with Gasteiger partial charge >= 0.3 is 33.8 Å². The maximum absolute atomic E-state index is 7.97. The molecule has 0 bridgehead atoms. The van der Waals surface area contributed by atoms with Crippen LogP contribution < -0.4 is 0 Å². The first-order valence-electron chi connectivity index (χ1n) is 0.816. The third-order valence-electron chi connectivity index (χ3n) is 0. The summed E-state index contributed by atoms with van der Waals surface area (Å²) >= 11 is -1.72. The molecule has 0 saturated heterocycles. The first-order valence-corrected chi connectivity index (χ1v) is 6.00. The Balaban J connectivity index is 2.32. The molecular formula is CH4AsClO. The maximum atomic E-state index is 7.97. The zero-order valence-corrected chi connectivity index (χ0v) is 4.90. The molecule has 1 nitrogen and oxygen atoms in total. The van der Waals surface area contributed by atoms with Crippen LogP contribution in [-0.4, -0.2) is 18.1 Å². The minimum absolute atomic E-state index is 1.63. The van der Waals surface area contributed by atoms with Crippen molar-refractivity contribution in [3.05, 3.63) is 0 Å². The second-order valence-corrected chi connectivity index (χ2v) is 4.85. The Kier molecular flexibility index (Phi) is 2.49. The molecule has 26 valence electrons. The summed E-state index contributed by atoms with van der Waals surface area (Å²) in [5.74, 6) is 0. The first kappa shape index (κ1) is 4.81. The molecule has 0 radical (unpaired) electrons. The van der Waals surface area contributed by atoms with Gasteiger partial charge in [-0.15, -0.1) is 0 Å². The molecule has 0 spiro atoms. The average molecular weight is 142 g/mol. The molecule has 0 aliphatic carbocycles. The zero-order valence-electron chi connectivity index (χ0n) is 2.27. The normalized spacial score (nSPS) is 15.8. The van der Waals surface area contributed by atoms with Gasteiger partial charge in [-0.2, -0.15) is 0 Å². The summed E-state index contributed by atoms with van der Waals surface area (Å²) in [6.45, 7) is 0. The van der Waals surface area contributed by atoms with Gasteiger partial charge in [-0.25, -0.2) is 0 Å². The van der Waals surface area contributed by atoms with Crippen LogP contribution in [0.1, 0.15) is 0 Å². The van der Waals surface area contributed by atoms with Crippen molar-refractivity contribution >= 4 is 24.0 Å². The molecule has 0 aromatic carbocycles. The molecule has 0 heterocycles. The molecule has 1 N–H and O–H groups in total. The van der Waals surface area contributed by atoms with Crippen molar-refractivity contribution in [3.63, 3.8) is 0 Å². The number of hydrogen-bond donors (Lipinski definition) is 1. The molecule has 3 heteroatoms. The molecule has 0 aliphatic rings. The molecule has 0 fully saturated rings. The fraction of sp³-hybridized carbons (Fsp3) is 1.00. The van der Waals surface area contributed by atoms with E-state index in [4.69, 9.17) is 14.0 Å². The fourth-order valence-corrected chi connectivity index (χ4v) is 0. The second-order valence-electron chi connectivity index (χ2n) is 0.445. The van der Waals surface area contributed by atoms with Crippen LogP contribution in [0.4, 0.5) is 0 Å². The third-order valence-corrected chi connectivity index (χ3v) is 0. The van der Waals surface area contributed by atoms with E-state index in [0.717, 1.165) is 0 Å². The Labute approximate surface area is 34.4 Å². The standard InChI is InChI=1S/CH4AsClO/c1-2(3)4/h4H,1H3. The molecule has 0 amide bonds. The number of halogens is 1. The van der Waals surface area contributed by atoms with Crippen molar-refractivity contribution in [2.45, 2.75) is 5.71 Å². The molecule has 0 aliphatic heterocycles. The van der Waals surface area contributed by atoms with Crippen molar-refractivity contribution in [1.29, 1.82) is 0 Å². The van der Waals surface area contributed by atoms with Crippen LogP contribution in [0.25, 0.3) is 0 Å². The Hall–Kier alpha value is 0.808. The van der Waals surface area contributed by atoms with E-state index in [1.54, 1.807) is 5.71 Å². The quantitative estimate of drug-likeness (QED) is 0.484. The van der Waals surface area contributed by atoms with E-state index in [0.29, 0.717) is 0 Å². The van der Waals surface area contributed by atoms with Crippen LogP contribution in [0.5, 0.6) is 0 Å². The molecule has 0 aromatic heterocycles. The molecule has 0 aromatic rings. The van der Waals surface area contributed by atoms with Gasteiger partial charge in [0.2, 0.25) is 0 Å². The van der Waals surface area contributed by atoms with Crippen molar-refractivity contribution < 1.29 is 4.10 Å². The van der Waals surface area contributed by atoms with E-state index in [1.165, 1.54) is 0 Å².